The van der Waals surface area contributed by atoms with Crippen molar-refractivity contribution in [3.8, 4) is 0 Å². The first-order valence-corrected chi connectivity index (χ1v) is 9.07. The van der Waals surface area contributed by atoms with Crippen molar-refractivity contribution in [1.82, 2.24) is 10.3 Å². The first-order valence-electron chi connectivity index (χ1n) is 9.07. The lowest BCUT2D eigenvalue weighted by Crippen LogP contribution is -2.29. The fourth-order valence-electron chi connectivity index (χ4n) is 3.49. The molecule has 3 aromatic rings. The van der Waals surface area contributed by atoms with Crippen molar-refractivity contribution in [3.05, 3.63) is 81.1 Å². The molecule has 1 heterocycles. The smallest absolute Gasteiger partial charge is 0.252 e. The van der Waals surface area contributed by atoms with Gasteiger partial charge in [0.25, 0.3) is 11.5 Å². The zero-order valence-electron chi connectivity index (χ0n) is 15.0. The molecule has 1 aliphatic carbocycles. The van der Waals surface area contributed by atoms with Crippen molar-refractivity contribution >= 4 is 16.8 Å². The van der Waals surface area contributed by atoms with Crippen molar-refractivity contribution in [2.75, 3.05) is 0 Å². The molecule has 1 fully saturated rings. The van der Waals surface area contributed by atoms with Crippen molar-refractivity contribution in [3.63, 3.8) is 0 Å². The van der Waals surface area contributed by atoms with Crippen LogP contribution in [0.4, 0.5) is 0 Å². The highest BCUT2D eigenvalue weighted by atomic mass is 16.2. The van der Waals surface area contributed by atoms with Crippen LogP contribution in [0, 0.1) is 6.92 Å². The van der Waals surface area contributed by atoms with Gasteiger partial charge in [0.1, 0.15) is 0 Å². The summed E-state index contributed by atoms with van der Waals surface area (Å²) in [5.41, 5.74) is 3.79. The monoisotopic (exact) mass is 346 g/mol. The first-order chi connectivity index (χ1) is 12.5. The van der Waals surface area contributed by atoms with Crippen LogP contribution in [0.15, 0.2) is 53.3 Å². The van der Waals surface area contributed by atoms with Crippen LogP contribution in [0.5, 0.6) is 0 Å². The molecule has 1 aliphatic rings. The first kappa shape index (κ1) is 16.6. The van der Waals surface area contributed by atoms with Crippen molar-refractivity contribution in [2.24, 2.45) is 0 Å². The molecule has 4 heteroatoms. The third-order valence-corrected chi connectivity index (χ3v) is 5.19. The maximum Gasteiger partial charge on any atom is 0.252 e. The van der Waals surface area contributed by atoms with Gasteiger partial charge in [0.2, 0.25) is 0 Å². The van der Waals surface area contributed by atoms with Gasteiger partial charge in [-0.2, -0.15) is 0 Å². The fourth-order valence-corrected chi connectivity index (χ4v) is 3.49. The summed E-state index contributed by atoms with van der Waals surface area (Å²) in [6.45, 7) is 3.67. The predicted octanol–water partition coefficient (Wildman–Crippen LogP) is 4.20. The molecule has 0 bridgehead atoms. The summed E-state index contributed by atoms with van der Waals surface area (Å²) in [4.78, 5) is 28.0. The van der Waals surface area contributed by atoms with Crippen LogP contribution in [-0.2, 0) is 0 Å². The number of H-pyrrole nitrogens is 1. The van der Waals surface area contributed by atoms with Gasteiger partial charge >= 0.3 is 0 Å². The van der Waals surface area contributed by atoms with E-state index in [0.717, 1.165) is 10.9 Å². The Morgan fingerprint density at radius 2 is 1.92 bits per heavy atom. The van der Waals surface area contributed by atoms with E-state index in [4.69, 9.17) is 0 Å². The summed E-state index contributed by atoms with van der Waals surface area (Å²) < 4.78 is 0. The summed E-state index contributed by atoms with van der Waals surface area (Å²) >= 11 is 0. The second kappa shape index (κ2) is 6.45. The number of benzene rings is 2. The van der Waals surface area contributed by atoms with Crippen molar-refractivity contribution < 1.29 is 4.79 Å². The molecule has 0 aliphatic heterocycles. The molecule has 1 unspecified atom stereocenters. The van der Waals surface area contributed by atoms with Crippen LogP contribution < -0.4 is 10.9 Å². The van der Waals surface area contributed by atoms with Crippen LogP contribution >= 0.6 is 0 Å². The number of aromatic amines is 1. The van der Waals surface area contributed by atoms with Crippen LogP contribution in [0.3, 0.4) is 0 Å². The number of para-hydroxylation sites is 1. The van der Waals surface area contributed by atoms with E-state index in [1.54, 1.807) is 6.92 Å². The molecule has 1 amide bonds. The third kappa shape index (κ3) is 3.03. The highest BCUT2D eigenvalue weighted by molar-refractivity contribution is 6.07. The minimum absolute atomic E-state index is 0.126. The number of nitrogens with one attached hydrogen (secondary N) is 2. The average molecular weight is 346 g/mol. The molecule has 2 N–H and O–H groups in total. The van der Waals surface area contributed by atoms with Gasteiger partial charge in [-0.1, -0.05) is 42.5 Å². The Labute approximate surface area is 152 Å². The van der Waals surface area contributed by atoms with Gasteiger partial charge in [0, 0.05) is 16.5 Å². The molecule has 1 aromatic heterocycles. The number of rotatable bonds is 4. The summed E-state index contributed by atoms with van der Waals surface area (Å²) in [7, 11) is 0. The highest BCUT2D eigenvalue weighted by Gasteiger charge is 2.24. The number of amides is 1. The van der Waals surface area contributed by atoms with E-state index >= 15 is 0 Å². The quantitative estimate of drug-likeness (QED) is 0.743. The molecule has 0 saturated heterocycles. The Hall–Kier alpha value is -2.88. The zero-order valence-corrected chi connectivity index (χ0v) is 15.0. The van der Waals surface area contributed by atoms with Gasteiger partial charge in [0.15, 0.2) is 0 Å². The average Bonchev–Trinajstić information content (AvgIpc) is 3.48. The highest BCUT2D eigenvalue weighted by Crippen LogP contribution is 2.40. The Morgan fingerprint density at radius 1 is 1.15 bits per heavy atom. The molecule has 2 aromatic carbocycles. The van der Waals surface area contributed by atoms with Crippen LogP contribution in [0.1, 0.15) is 58.8 Å². The second-order valence-electron chi connectivity index (χ2n) is 7.14. The Kier molecular flexibility index (Phi) is 4.11. The van der Waals surface area contributed by atoms with Gasteiger partial charge < -0.3 is 10.3 Å². The molecule has 0 radical (unpaired) electrons. The maximum absolute atomic E-state index is 13.0. The molecule has 26 heavy (non-hydrogen) atoms. The maximum atomic E-state index is 13.0. The number of carbonyl (C=O) groups is 1. The summed E-state index contributed by atoms with van der Waals surface area (Å²) in [6, 6.07) is 15.7. The standard InChI is InChI=1S/C22H22N2O2/c1-13-20(18-8-3-4-9-19(18)24-21(13)25)22(26)23-14(2)16-6-5-7-17(12-16)15-10-11-15/h3-9,12,14-15H,10-11H2,1-2H3,(H,23,26)(H,24,25). The van der Waals surface area contributed by atoms with E-state index in [9.17, 15) is 9.59 Å². The normalized spacial score (nSPS) is 15.0. The minimum Gasteiger partial charge on any atom is -0.345 e. The lowest BCUT2D eigenvalue weighted by atomic mass is 10.0. The molecule has 4 rings (SSSR count). The number of hydrogen-bond donors (Lipinski definition) is 2. The van der Waals surface area contributed by atoms with Crippen LogP contribution in [0.25, 0.3) is 10.9 Å². The molecular formula is C22H22N2O2. The van der Waals surface area contributed by atoms with Gasteiger partial charge in [-0.25, -0.2) is 0 Å². The summed E-state index contributed by atoms with van der Waals surface area (Å²) in [5, 5.41) is 3.83. The third-order valence-electron chi connectivity index (χ3n) is 5.19. The lowest BCUT2D eigenvalue weighted by Gasteiger charge is -2.17. The van der Waals surface area contributed by atoms with Gasteiger partial charge in [0.05, 0.1) is 11.6 Å². The fraction of sp³-hybridized carbons (Fsp3) is 0.273. The predicted molar refractivity (Wildman–Crippen MR) is 104 cm³/mol. The number of fused-ring (bicyclic) bond motifs is 1. The molecular weight excluding hydrogens is 324 g/mol. The summed E-state index contributed by atoms with van der Waals surface area (Å²) in [5.74, 6) is 0.464. The van der Waals surface area contributed by atoms with E-state index < -0.39 is 0 Å². The van der Waals surface area contributed by atoms with Crippen LogP contribution in [-0.4, -0.2) is 10.9 Å². The number of pyridine rings is 1. The Balaban J connectivity index is 1.66. The van der Waals surface area contributed by atoms with Crippen molar-refractivity contribution in [2.45, 2.75) is 38.6 Å². The second-order valence-corrected chi connectivity index (χ2v) is 7.14. The van der Waals surface area contributed by atoms with E-state index in [-0.39, 0.29) is 17.5 Å². The lowest BCUT2D eigenvalue weighted by molar-refractivity contribution is 0.0940. The van der Waals surface area contributed by atoms with E-state index in [1.807, 2.05) is 37.3 Å². The van der Waals surface area contributed by atoms with Crippen molar-refractivity contribution in [1.29, 1.82) is 0 Å². The minimum atomic E-state index is -0.225. The van der Waals surface area contributed by atoms with Gasteiger partial charge in [-0.3, -0.25) is 9.59 Å². The van der Waals surface area contributed by atoms with E-state index in [2.05, 4.69) is 28.5 Å². The summed E-state index contributed by atoms with van der Waals surface area (Å²) in [6.07, 6.45) is 2.50. The number of aromatic nitrogens is 1. The molecule has 0 spiro atoms. The molecule has 4 nitrogen and oxygen atoms in total. The molecule has 1 saturated carbocycles. The Bertz CT molecular complexity index is 1050. The van der Waals surface area contributed by atoms with Gasteiger partial charge in [-0.05, 0) is 49.8 Å². The Morgan fingerprint density at radius 3 is 2.69 bits per heavy atom. The van der Waals surface area contributed by atoms with E-state index in [1.165, 1.54) is 18.4 Å². The van der Waals surface area contributed by atoms with Gasteiger partial charge in [-0.15, -0.1) is 0 Å². The van der Waals surface area contributed by atoms with E-state index in [0.29, 0.717) is 22.6 Å². The molecule has 132 valence electrons. The number of carbonyl (C=O) groups excluding carboxylic acids is 1. The largest absolute Gasteiger partial charge is 0.345 e. The SMILES string of the molecule is Cc1c(C(=O)NC(C)c2cccc(C3CC3)c2)c2ccccc2[nH]c1=O. The molecule has 1 atom stereocenters. The van der Waals surface area contributed by atoms with Crippen LogP contribution in [0.2, 0.25) is 0 Å². The number of hydrogen-bond acceptors (Lipinski definition) is 2. The topological polar surface area (TPSA) is 62.0 Å². The zero-order chi connectivity index (χ0) is 18.3.